The quantitative estimate of drug-likeness (QED) is 0.609. The number of rotatable bonds is 2. The lowest BCUT2D eigenvalue weighted by Crippen LogP contribution is -2.48. The number of aromatic carboxylic acids is 1. The van der Waals surface area contributed by atoms with E-state index in [0.717, 1.165) is 0 Å². The molecule has 0 aliphatic carbocycles. The minimum absolute atomic E-state index is 0.0871. The Labute approximate surface area is 98.1 Å². The number of methoxy groups -OCH3 is 1. The van der Waals surface area contributed by atoms with Crippen molar-refractivity contribution in [3.8, 4) is 11.5 Å². The second-order valence-electron chi connectivity index (χ2n) is 3.81. The van der Waals surface area contributed by atoms with Crippen LogP contribution in [0.4, 0.5) is 0 Å². The Kier molecular flexibility index (Phi) is 2.95. The SMILES string of the molecule is COc1ccc2c(c1C(=O)O)OB(O)[C@@H](N)C2. The van der Waals surface area contributed by atoms with Gasteiger partial charge in [-0.15, -0.1) is 0 Å². The van der Waals surface area contributed by atoms with Gasteiger partial charge in [0.1, 0.15) is 17.1 Å². The Morgan fingerprint density at radius 1 is 1.65 bits per heavy atom. The molecule has 0 saturated carbocycles. The Morgan fingerprint density at radius 3 is 2.94 bits per heavy atom. The fraction of sp³-hybridized carbons (Fsp3) is 0.300. The number of carbonyl (C=O) groups is 1. The second-order valence-corrected chi connectivity index (χ2v) is 3.81. The fourth-order valence-electron chi connectivity index (χ4n) is 1.84. The number of ether oxygens (including phenoxy) is 1. The Balaban J connectivity index is 2.56. The van der Waals surface area contributed by atoms with Gasteiger partial charge in [0, 0.05) is 0 Å². The Morgan fingerprint density at radius 2 is 2.35 bits per heavy atom. The van der Waals surface area contributed by atoms with Gasteiger partial charge in [-0.05, 0) is 18.1 Å². The van der Waals surface area contributed by atoms with E-state index in [2.05, 4.69) is 0 Å². The van der Waals surface area contributed by atoms with E-state index < -0.39 is 19.0 Å². The molecule has 1 aromatic carbocycles. The molecule has 0 spiro atoms. The fourth-order valence-corrected chi connectivity index (χ4v) is 1.84. The van der Waals surface area contributed by atoms with Crippen LogP contribution in [0.1, 0.15) is 15.9 Å². The van der Waals surface area contributed by atoms with Crippen LogP contribution in [0.15, 0.2) is 12.1 Å². The normalized spacial score (nSPS) is 18.3. The van der Waals surface area contributed by atoms with E-state index in [4.69, 9.17) is 20.2 Å². The minimum atomic E-state index is -1.20. The number of carboxylic acid groups (broad SMARTS) is 1. The standard InChI is InChI=1S/C10H12BNO5/c1-16-6-3-2-5-4-7(12)11(15)17-9(5)8(6)10(13)14/h2-3,7,15H,4,12H2,1H3,(H,13,14)/t7-/m0/s1. The topological polar surface area (TPSA) is 102 Å². The van der Waals surface area contributed by atoms with Gasteiger partial charge in [-0.1, -0.05) is 6.07 Å². The van der Waals surface area contributed by atoms with Crippen molar-refractivity contribution >= 4 is 13.1 Å². The third-order valence-electron chi connectivity index (χ3n) is 2.70. The van der Waals surface area contributed by atoms with Crippen LogP contribution >= 0.6 is 0 Å². The van der Waals surface area contributed by atoms with E-state index >= 15 is 0 Å². The highest BCUT2D eigenvalue weighted by molar-refractivity contribution is 6.46. The predicted molar refractivity (Wildman–Crippen MR) is 60.2 cm³/mol. The van der Waals surface area contributed by atoms with Crippen LogP contribution in [-0.2, 0) is 6.42 Å². The molecule has 0 bridgehead atoms. The predicted octanol–water partition coefficient (Wildman–Crippen LogP) is -0.325. The zero-order valence-corrected chi connectivity index (χ0v) is 9.21. The summed E-state index contributed by atoms with van der Waals surface area (Å²) in [5, 5.41) is 18.6. The summed E-state index contributed by atoms with van der Waals surface area (Å²) in [6, 6.07) is 3.24. The first kappa shape index (κ1) is 11.8. The van der Waals surface area contributed by atoms with E-state index in [1.807, 2.05) is 0 Å². The summed E-state index contributed by atoms with van der Waals surface area (Å²) in [5.41, 5.74) is 6.20. The summed E-state index contributed by atoms with van der Waals surface area (Å²) in [6.07, 6.45) is 0.362. The maximum absolute atomic E-state index is 11.2. The van der Waals surface area contributed by atoms with Gasteiger partial charge in [0.2, 0.25) is 0 Å². The molecule has 17 heavy (non-hydrogen) atoms. The molecule has 0 aromatic heterocycles. The molecule has 0 amide bonds. The lowest BCUT2D eigenvalue weighted by Gasteiger charge is -2.26. The average Bonchev–Trinajstić information content (AvgIpc) is 2.29. The summed E-state index contributed by atoms with van der Waals surface area (Å²) < 4.78 is 10.1. The maximum atomic E-state index is 11.2. The van der Waals surface area contributed by atoms with Gasteiger partial charge in [-0.2, -0.15) is 0 Å². The number of benzene rings is 1. The van der Waals surface area contributed by atoms with Crippen molar-refractivity contribution in [2.45, 2.75) is 12.4 Å². The molecule has 2 rings (SSSR count). The summed E-state index contributed by atoms with van der Waals surface area (Å²) in [4.78, 5) is 11.2. The lowest BCUT2D eigenvalue weighted by atomic mass is 9.73. The van der Waals surface area contributed by atoms with Gasteiger partial charge in [0.25, 0.3) is 0 Å². The molecule has 0 saturated heterocycles. The number of nitrogens with two attached hydrogens (primary N) is 1. The highest BCUT2D eigenvalue weighted by atomic mass is 16.5. The van der Waals surface area contributed by atoms with Gasteiger partial charge in [0.05, 0.1) is 13.1 Å². The molecule has 1 aromatic rings. The van der Waals surface area contributed by atoms with Crippen molar-refractivity contribution in [1.82, 2.24) is 0 Å². The van der Waals surface area contributed by atoms with Crippen LogP contribution in [0.3, 0.4) is 0 Å². The summed E-state index contributed by atoms with van der Waals surface area (Å²) in [6.45, 7) is 0. The first-order valence-corrected chi connectivity index (χ1v) is 5.08. The molecular weight excluding hydrogens is 225 g/mol. The molecule has 0 fully saturated rings. The molecule has 1 aliphatic heterocycles. The van der Waals surface area contributed by atoms with Crippen molar-refractivity contribution in [3.63, 3.8) is 0 Å². The number of hydrogen-bond acceptors (Lipinski definition) is 5. The van der Waals surface area contributed by atoms with Crippen LogP contribution in [0.5, 0.6) is 11.5 Å². The first-order chi connectivity index (χ1) is 8.04. The number of carboxylic acids is 1. The van der Waals surface area contributed by atoms with Crippen LogP contribution in [0.25, 0.3) is 0 Å². The lowest BCUT2D eigenvalue weighted by molar-refractivity contribution is 0.0690. The molecule has 1 aliphatic rings. The van der Waals surface area contributed by atoms with Crippen LogP contribution in [0.2, 0.25) is 0 Å². The van der Waals surface area contributed by atoms with E-state index in [1.165, 1.54) is 7.11 Å². The summed E-state index contributed by atoms with van der Waals surface area (Å²) in [5.74, 6) is -1.40. The number of fused-ring (bicyclic) bond motifs is 1. The van der Waals surface area contributed by atoms with Crippen LogP contribution < -0.4 is 15.1 Å². The zero-order valence-electron chi connectivity index (χ0n) is 9.21. The largest absolute Gasteiger partial charge is 0.540 e. The monoisotopic (exact) mass is 237 g/mol. The highest BCUT2D eigenvalue weighted by Gasteiger charge is 2.35. The zero-order chi connectivity index (χ0) is 12.6. The van der Waals surface area contributed by atoms with E-state index in [9.17, 15) is 9.82 Å². The molecule has 6 nitrogen and oxygen atoms in total. The maximum Gasteiger partial charge on any atom is 0.540 e. The van der Waals surface area contributed by atoms with E-state index in [-0.39, 0.29) is 17.1 Å². The van der Waals surface area contributed by atoms with Gasteiger partial charge in [-0.25, -0.2) is 4.79 Å². The first-order valence-electron chi connectivity index (χ1n) is 5.08. The van der Waals surface area contributed by atoms with E-state index in [1.54, 1.807) is 12.1 Å². The van der Waals surface area contributed by atoms with Crippen molar-refractivity contribution in [1.29, 1.82) is 0 Å². The Bertz CT molecular complexity index is 464. The Hall–Kier alpha value is -1.73. The smallest absolute Gasteiger partial charge is 0.534 e. The molecule has 90 valence electrons. The van der Waals surface area contributed by atoms with Crippen molar-refractivity contribution < 1.29 is 24.3 Å². The molecule has 1 heterocycles. The van der Waals surface area contributed by atoms with Crippen molar-refractivity contribution in [3.05, 3.63) is 23.3 Å². The molecule has 1 atom stereocenters. The number of hydrogen-bond donors (Lipinski definition) is 3. The average molecular weight is 237 g/mol. The molecular formula is C10H12BNO5. The van der Waals surface area contributed by atoms with Crippen molar-refractivity contribution in [2.24, 2.45) is 5.73 Å². The summed E-state index contributed by atoms with van der Waals surface area (Å²) in [7, 11) is 0.173. The van der Waals surface area contributed by atoms with Gasteiger partial charge < -0.3 is 25.3 Å². The second kappa shape index (κ2) is 4.27. The minimum Gasteiger partial charge on any atom is -0.534 e. The van der Waals surface area contributed by atoms with Crippen molar-refractivity contribution in [2.75, 3.05) is 7.11 Å². The summed E-state index contributed by atoms with van der Waals surface area (Å²) >= 11 is 0. The van der Waals surface area contributed by atoms with Gasteiger partial charge in [0.15, 0.2) is 0 Å². The van der Waals surface area contributed by atoms with Gasteiger partial charge in [-0.3, -0.25) is 0 Å². The molecule has 0 unspecified atom stereocenters. The van der Waals surface area contributed by atoms with Gasteiger partial charge >= 0.3 is 13.1 Å². The van der Waals surface area contributed by atoms with Crippen LogP contribution in [-0.4, -0.2) is 36.3 Å². The highest BCUT2D eigenvalue weighted by Crippen LogP contribution is 2.35. The molecule has 7 heteroatoms. The van der Waals surface area contributed by atoms with Crippen LogP contribution in [0, 0.1) is 0 Å². The molecule has 4 N–H and O–H groups in total. The van der Waals surface area contributed by atoms with E-state index in [0.29, 0.717) is 12.0 Å². The third-order valence-corrected chi connectivity index (χ3v) is 2.70. The third kappa shape index (κ3) is 1.94. The molecule has 0 radical (unpaired) electrons.